The third-order valence-electron chi connectivity index (χ3n) is 8.54. The Morgan fingerprint density at radius 3 is 1.41 bits per heavy atom. The molecule has 5 heteroatoms. The first-order valence-electron chi connectivity index (χ1n) is 14.5. The van der Waals surface area contributed by atoms with Crippen LogP contribution in [0.4, 0.5) is 8.78 Å². The van der Waals surface area contributed by atoms with Crippen molar-refractivity contribution in [2.24, 2.45) is 0 Å². The zero-order valence-corrected chi connectivity index (χ0v) is 24.1. The number of fused-ring (bicyclic) bond motifs is 6. The van der Waals surface area contributed by atoms with E-state index in [1.54, 1.807) is 0 Å². The molecule has 0 N–H and O–H groups in total. The van der Waals surface area contributed by atoms with Gasteiger partial charge >= 0.3 is 0 Å². The summed E-state index contributed by atoms with van der Waals surface area (Å²) in [5.74, 6) is -1.32. The fraction of sp³-hybridized carbons (Fsp3) is 0.0513. The summed E-state index contributed by atoms with van der Waals surface area (Å²) in [4.78, 5) is 0. The molecule has 8 rings (SSSR count). The number of nitriles is 1. The van der Waals surface area contributed by atoms with Gasteiger partial charge in [0.05, 0.1) is 33.4 Å². The predicted octanol–water partition coefficient (Wildman–Crippen LogP) is 10.3. The summed E-state index contributed by atoms with van der Waals surface area (Å²) in [5.41, 5.74) is 8.75. The van der Waals surface area contributed by atoms with Gasteiger partial charge in [-0.05, 0) is 85.6 Å². The van der Waals surface area contributed by atoms with Crippen molar-refractivity contribution in [1.29, 1.82) is 5.26 Å². The molecule has 0 unspecified atom stereocenters. The Morgan fingerprint density at radius 2 is 0.932 bits per heavy atom. The minimum Gasteiger partial charge on any atom is -0.308 e. The zero-order chi connectivity index (χ0) is 30.1. The van der Waals surface area contributed by atoms with E-state index < -0.39 is 11.6 Å². The molecule has 0 spiro atoms. The van der Waals surface area contributed by atoms with E-state index in [-0.39, 0.29) is 0 Å². The largest absolute Gasteiger partial charge is 0.308 e. The van der Waals surface area contributed by atoms with Crippen LogP contribution < -0.4 is 0 Å². The topological polar surface area (TPSA) is 33.6 Å². The number of rotatable bonds is 3. The molecule has 0 aliphatic heterocycles. The second kappa shape index (κ2) is 9.65. The van der Waals surface area contributed by atoms with Crippen LogP contribution in [-0.4, -0.2) is 9.13 Å². The van der Waals surface area contributed by atoms with Crippen LogP contribution in [0.2, 0.25) is 0 Å². The van der Waals surface area contributed by atoms with Gasteiger partial charge < -0.3 is 9.13 Å². The second-order valence-electron chi connectivity index (χ2n) is 11.4. The van der Waals surface area contributed by atoms with Crippen LogP contribution in [0.5, 0.6) is 0 Å². The third kappa shape index (κ3) is 3.85. The molecule has 0 fully saturated rings. The first kappa shape index (κ1) is 25.9. The molecule has 44 heavy (non-hydrogen) atoms. The lowest BCUT2D eigenvalue weighted by molar-refractivity contribution is 0.584. The first-order chi connectivity index (χ1) is 21.4. The van der Waals surface area contributed by atoms with E-state index in [9.17, 15) is 14.0 Å². The minimum atomic E-state index is -0.660. The average Bonchev–Trinajstić information content (AvgIpc) is 3.52. The highest BCUT2D eigenvalue weighted by molar-refractivity contribution is 6.11. The van der Waals surface area contributed by atoms with Gasteiger partial charge in [-0.15, -0.1) is 0 Å². The van der Waals surface area contributed by atoms with Gasteiger partial charge in [0.1, 0.15) is 23.3 Å². The van der Waals surface area contributed by atoms with Crippen molar-refractivity contribution in [3.8, 4) is 28.6 Å². The van der Waals surface area contributed by atoms with Crippen molar-refractivity contribution in [2.75, 3.05) is 0 Å². The summed E-state index contributed by atoms with van der Waals surface area (Å²) in [5, 5.41) is 15.2. The predicted molar refractivity (Wildman–Crippen MR) is 175 cm³/mol. The van der Waals surface area contributed by atoms with Gasteiger partial charge in [-0.3, -0.25) is 0 Å². The molecule has 6 aromatic carbocycles. The Bertz CT molecular complexity index is 2350. The normalized spacial score (nSPS) is 11.6. The number of benzene rings is 6. The van der Waals surface area contributed by atoms with E-state index in [0.29, 0.717) is 28.1 Å². The van der Waals surface area contributed by atoms with E-state index in [0.717, 1.165) is 60.8 Å². The van der Waals surface area contributed by atoms with Gasteiger partial charge in [0.2, 0.25) is 0 Å². The molecule has 0 atom stereocenters. The summed E-state index contributed by atoms with van der Waals surface area (Å²) in [6.07, 6.45) is 0. The highest BCUT2D eigenvalue weighted by Gasteiger charge is 2.22. The maximum absolute atomic E-state index is 14.6. The van der Waals surface area contributed by atoms with Crippen molar-refractivity contribution < 1.29 is 8.78 Å². The highest BCUT2D eigenvalue weighted by atomic mass is 19.1. The van der Waals surface area contributed by atoms with E-state index in [1.807, 2.05) is 48.5 Å². The molecule has 2 heterocycles. The smallest absolute Gasteiger partial charge is 0.126 e. The van der Waals surface area contributed by atoms with Gasteiger partial charge in [-0.2, -0.15) is 5.26 Å². The molecule has 0 saturated heterocycles. The Hall–Kier alpha value is -5.73. The van der Waals surface area contributed by atoms with Gasteiger partial charge in [0.15, 0.2) is 0 Å². The number of aryl methyl sites for hydroxylation is 2. The second-order valence-corrected chi connectivity index (χ2v) is 11.4. The molecule has 0 aliphatic rings. The van der Waals surface area contributed by atoms with Crippen molar-refractivity contribution >= 4 is 43.6 Å². The van der Waals surface area contributed by atoms with Crippen LogP contribution >= 0.6 is 0 Å². The number of nitrogens with zero attached hydrogens (tertiary/aromatic N) is 3. The number of aromatic nitrogens is 2. The van der Waals surface area contributed by atoms with Crippen LogP contribution in [0.1, 0.15) is 16.7 Å². The summed E-state index contributed by atoms with van der Waals surface area (Å²) >= 11 is 0. The lowest BCUT2D eigenvalue weighted by Crippen LogP contribution is -2.05. The molecule has 0 aliphatic carbocycles. The molecule has 3 nitrogen and oxygen atoms in total. The van der Waals surface area contributed by atoms with Crippen LogP contribution in [0.25, 0.3) is 66.1 Å². The van der Waals surface area contributed by atoms with Crippen molar-refractivity contribution in [1.82, 2.24) is 9.13 Å². The molecule has 0 saturated carbocycles. The van der Waals surface area contributed by atoms with Crippen molar-refractivity contribution in [3.05, 3.63) is 144 Å². The highest BCUT2D eigenvalue weighted by Crippen LogP contribution is 2.40. The quantitative estimate of drug-likeness (QED) is 0.207. The van der Waals surface area contributed by atoms with E-state index in [2.05, 4.69) is 77.6 Å². The van der Waals surface area contributed by atoms with Crippen molar-refractivity contribution in [3.63, 3.8) is 0 Å². The van der Waals surface area contributed by atoms with Crippen LogP contribution in [0.15, 0.2) is 115 Å². The van der Waals surface area contributed by atoms with Crippen LogP contribution in [-0.2, 0) is 0 Å². The van der Waals surface area contributed by atoms with E-state index in [4.69, 9.17) is 0 Å². The Kier molecular flexibility index (Phi) is 5.69. The van der Waals surface area contributed by atoms with E-state index in [1.165, 1.54) is 12.1 Å². The zero-order valence-electron chi connectivity index (χ0n) is 24.1. The molecule has 8 aromatic rings. The van der Waals surface area contributed by atoms with Gasteiger partial charge in [-0.25, -0.2) is 8.78 Å². The Labute approximate surface area is 252 Å². The standard InChI is InChI=1S/C39H25F2N3/c1-23-11-13-36-31(15-23)29-7-3-5-9-34(29)43(36)38-19-26(25-17-27(40)21-28(41)18-25)20-39(33(38)22-42)44-35-10-6-4-8-30(35)32-16-24(2)12-14-37(32)44/h3-21H,1-2H3. The van der Waals surface area contributed by atoms with Crippen LogP contribution in [0.3, 0.4) is 0 Å². The summed E-state index contributed by atoms with van der Waals surface area (Å²) in [6, 6.07) is 38.7. The molecule has 0 bridgehead atoms. The molecule has 0 radical (unpaired) electrons. The average molecular weight is 574 g/mol. The minimum absolute atomic E-state index is 0.391. The molecule has 2 aromatic heterocycles. The van der Waals surface area contributed by atoms with Crippen LogP contribution in [0, 0.1) is 36.8 Å². The SMILES string of the molecule is Cc1ccc2c(c1)c1ccccc1n2-c1cc(-c2cc(F)cc(F)c2)cc(-n2c3ccccc3c3cc(C)ccc32)c1C#N. The number of hydrogen-bond acceptors (Lipinski definition) is 1. The molecular weight excluding hydrogens is 548 g/mol. The fourth-order valence-corrected chi connectivity index (χ4v) is 6.66. The molecule has 0 amide bonds. The number of para-hydroxylation sites is 2. The molecular formula is C39H25F2N3. The van der Waals surface area contributed by atoms with Gasteiger partial charge in [0, 0.05) is 27.6 Å². The number of halogens is 2. The van der Waals surface area contributed by atoms with Gasteiger partial charge in [0.25, 0.3) is 0 Å². The lowest BCUT2D eigenvalue weighted by Gasteiger charge is -2.18. The monoisotopic (exact) mass is 573 g/mol. The summed E-state index contributed by atoms with van der Waals surface area (Å²) in [6.45, 7) is 4.13. The first-order valence-corrected chi connectivity index (χ1v) is 14.5. The number of hydrogen-bond donors (Lipinski definition) is 0. The fourth-order valence-electron chi connectivity index (χ4n) is 6.66. The Balaban J connectivity index is 1.57. The maximum Gasteiger partial charge on any atom is 0.126 e. The summed E-state index contributed by atoms with van der Waals surface area (Å²) in [7, 11) is 0. The maximum atomic E-state index is 14.6. The Morgan fingerprint density at radius 1 is 0.500 bits per heavy atom. The summed E-state index contributed by atoms with van der Waals surface area (Å²) < 4.78 is 33.4. The molecule has 210 valence electrons. The van der Waals surface area contributed by atoms with Gasteiger partial charge in [-0.1, -0.05) is 59.7 Å². The van der Waals surface area contributed by atoms with E-state index >= 15 is 0 Å². The van der Waals surface area contributed by atoms with Crippen molar-refractivity contribution in [2.45, 2.75) is 13.8 Å². The lowest BCUT2D eigenvalue weighted by atomic mass is 9.99. The third-order valence-corrected chi connectivity index (χ3v) is 8.54.